The molecule has 1 aliphatic heterocycles. The van der Waals surface area contributed by atoms with E-state index in [-0.39, 0.29) is 16.5 Å². The van der Waals surface area contributed by atoms with Crippen molar-refractivity contribution in [2.75, 3.05) is 15.4 Å². The monoisotopic (exact) mass is 516 g/mol. The van der Waals surface area contributed by atoms with Gasteiger partial charge in [0.05, 0.1) is 37.4 Å². The van der Waals surface area contributed by atoms with Crippen molar-refractivity contribution in [2.45, 2.75) is 11.1 Å². The number of alkyl halides is 3. The van der Waals surface area contributed by atoms with E-state index in [1.807, 2.05) is 6.07 Å². The third-order valence-electron chi connectivity index (χ3n) is 5.25. The number of nitrogens with zero attached hydrogens (tertiary/aromatic N) is 1. The first-order chi connectivity index (χ1) is 16.6. The number of aromatic nitrogens is 1. The van der Waals surface area contributed by atoms with Gasteiger partial charge in [-0.25, -0.2) is 13.4 Å². The number of amides is 1. The molecule has 1 aliphatic rings. The zero-order valence-corrected chi connectivity index (χ0v) is 19.2. The molecule has 3 N–H and O–H groups in total. The van der Waals surface area contributed by atoms with Gasteiger partial charge < -0.3 is 10.6 Å². The van der Waals surface area contributed by atoms with Crippen LogP contribution in [0.5, 0.6) is 0 Å². The van der Waals surface area contributed by atoms with Crippen molar-refractivity contribution < 1.29 is 26.4 Å². The van der Waals surface area contributed by atoms with Gasteiger partial charge in [-0.3, -0.25) is 9.52 Å². The van der Waals surface area contributed by atoms with Crippen molar-refractivity contribution in [3.05, 3.63) is 83.5 Å². The van der Waals surface area contributed by atoms with Gasteiger partial charge in [-0.2, -0.15) is 13.2 Å². The molecular formula is C23H15F3N4O3S2. The number of hydrogen-bond acceptors (Lipinski definition) is 6. The molecule has 0 aliphatic carbocycles. The number of sulfonamides is 1. The second-order valence-electron chi connectivity index (χ2n) is 7.55. The van der Waals surface area contributed by atoms with Gasteiger partial charge in [0, 0.05) is 23.1 Å². The molecule has 0 fully saturated rings. The highest BCUT2D eigenvalue weighted by atomic mass is 32.2. The molecule has 178 valence electrons. The molecule has 0 unspecified atom stereocenters. The number of carbonyl (C=O) groups excluding carboxylic acids is 1. The summed E-state index contributed by atoms with van der Waals surface area (Å²) in [6.45, 7) is 0. The smallest absolute Gasteiger partial charge is 0.361 e. The van der Waals surface area contributed by atoms with E-state index in [2.05, 4.69) is 20.3 Å². The van der Waals surface area contributed by atoms with Crippen LogP contribution in [0.4, 0.5) is 30.2 Å². The average Bonchev–Trinajstić information content (AvgIpc) is 3.40. The maximum atomic E-state index is 12.9. The standard InChI is InChI=1S/C23H15F3N4O3S2/c24-23(25,26)13-2-1-3-15(10-13)30-35(32,33)16-6-4-14(5-7-16)27-11-17-20-18(29-22(17)31)8-9-19-21(20)34-12-28-19/h1-12,27,30H,(H,29,31). The lowest BCUT2D eigenvalue weighted by Crippen LogP contribution is -2.14. The van der Waals surface area contributed by atoms with Gasteiger partial charge in [-0.05, 0) is 54.6 Å². The fourth-order valence-electron chi connectivity index (χ4n) is 3.60. The van der Waals surface area contributed by atoms with Crippen molar-refractivity contribution in [1.29, 1.82) is 0 Å². The number of rotatable bonds is 5. The van der Waals surface area contributed by atoms with Crippen LogP contribution < -0.4 is 15.4 Å². The summed E-state index contributed by atoms with van der Waals surface area (Å²) in [6.07, 6.45) is -3.06. The zero-order chi connectivity index (χ0) is 24.8. The van der Waals surface area contributed by atoms with E-state index in [0.29, 0.717) is 16.9 Å². The molecule has 7 nitrogen and oxygen atoms in total. The lowest BCUT2D eigenvalue weighted by Gasteiger charge is -2.11. The Morgan fingerprint density at radius 2 is 1.77 bits per heavy atom. The average molecular weight is 517 g/mol. The summed E-state index contributed by atoms with van der Waals surface area (Å²) in [6, 6.07) is 13.1. The lowest BCUT2D eigenvalue weighted by atomic mass is 10.1. The van der Waals surface area contributed by atoms with Crippen LogP contribution in [0.2, 0.25) is 0 Å². The largest absolute Gasteiger partial charge is 0.416 e. The summed E-state index contributed by atoms with van der Waals surface area (Å²) in [5, 5.41) is 5.79. The van der Waals surface area contributed by atoms with Crippen LogP contribution in [0.15, 0.2) is 77.3 Å². The fourth-order valence-corrected chi connectivity index (χ4v) is 5.50. The van der Waals surface area contributed by atoms with E-state index in [0.717, 1.165) is 34.0 Å². The van der Waals surface area contributed by atoms with Crippen LogP contribution in [0, 0.1) is 0 Å². The Balaban J connectivity index is 1.35. The van der Waals surface area contributed by atoms with E-state index in [9.17, 15) is 26.4 Å². The Hall–Kier alpha value is -3.90. The number of anilines is 3. The summed E-state index contributed by atoms with van der Waals surface area (Å²) in [5.41, 5.74) is 3.66. The van der Waals surface area contributed by atoms with Gasteiger partial charge in [0.15, 0.2) is 0 Å². The molecule has 1 aromatic heterocycles. The molecule has 0 atom stereocenters. The quantitative estimate of drug-likeness (QED) is 0.303. The van der Waals surface area contributed by atoms with E-state index >= 15 is 0 Å². The maximum Gasteiger partial charge on any atom is 0.416 e. The number of carbonyl (C=O) groups is 1. The van der Waals surface area contributed by atoms with Gasteiger partial charge >= 0.3 is 6.18 Å². The normalized spacial score (nSPS) is 14.7. The topological polar surface area (TPSA) is 100 Å². The Labute approximate surface area is 201 Å². The molecule has 2 heterocycles. The summed E-state index contributed by atoms with van der Waals surface area (Å²) in [4.78, 5) is 16.6. The molecule has 0 bridgehead atoms. The minimum Gasteiger partial charge on any atom is -0.361 e. The van der Waals surface area contributed by atoms with E-state index in [4.69, 9.17) is 0 Å². The highest BCUT2D eigenvalue weighted by Gasteiger charge is 2.31. The lowest BCUT2D eigenvalue weighted by molar-refractivity contribution is -0.137. The number of fused-ring (bicyclic) bond motifs is 3. The maximum absolute atomic E-state index is 12.9. The summed E-state index contributed by atoms with van der Waals surface area (Å²) < 4.78 is 67.0. The minimum atomic E-state index is -4.59. The molecule has 0 saturated carbocycles. The second kappa shape index (κ2) is 8.40. The fraction of sp³-hybridized carbons (Fsp3) is 0.0435. The van der Waals surface area contributed by atoms with Crippen LogP contribution in [0.3, 0.4) is 0 Å². The molecule has 1 amide bonds. The second-order valence-corrected chi connectivity index (χ2v) is 10.1. The first-order valence-corrected chi connectivity index (χ1v) is 12.4. The molecule has 0 spiro atoms. The summed E-state index contributed by atoms with van der Waals surface area (Å²) in [5.74, 6) is -0.280. The minimum absolute atomic E-state index is 0.136. The van der Waals surface area contributed by atoms with Gasteiger partial charge in [0.25, 0.3) is 15.9 Å². The predicted molar refractivity (Wildman–Crippen MR) is 129 cm³/mol. The molecule has 35 heavy (non-hydrogen) atoms. The van der Waals surface area contributed by atoms with Crippen LogP contribution in [-0.2, 0) is 21.0 Å². The molecule has 5 rings (SSSR count). The van der Waals surface area contributed by atoms with Gasteiger partial charge in [0.2, 0.25) is 0 Å². The van der Waals surface area contributed by atoms with Crippen LogP contribution in [-0.4, -0.2) is 19.3 Å². The first kappa shape index (κ1) is 22.9. The van der Waals surface area contributed by atoms with E-state index < -0.39 is 21.8 Å². The molecule has 0 radical (unpaired) electrons. The van der Waals surface area contributed by atoms with Gasteiger partial charge in [-0.1, -0.05) is 6.07 Å². The Bertz CT molecular complexity index is 1590. The summed E-state index contributed by atoms with van der Waals surface area (Å²) >= 11 is 1.42. The summed E-state index contributed by atoms with van der Waals surface area (Å²) in [7, 11) is -4.12. The molecule has 4 aromatic rings. The Kier molecular flexibility index (Phi) is 5.49. The third-order valence-corrected chi connectivity index (χ3v) is 7.51. The van der Waals surface area contributed by atoms with E-state index in [1.54, 1.807) is 11.6 Å². The van der Waals surface area contributed by atoms with Crippen molar-refractivity contribution in [3.63, 3.8) is 0 Å². The number of nitrogens with one attached hydrogen (secondary N) is 3. The SMILES string of the molecule is O=C1Nc2ccc3ncsc3c2C1=CNc1ccc(S(=O)(=O)Nc2cccc(C(F)(F)F)c2)cc1. The molecular weight excluding hydrogens is 501 g/mol. The van der Waals surface area contributed by atoms with Crippen molar-refractivity contribution in [2.24, 2.45) is 0 Å². The van der Waals surface area contributed by atoms with Crippen molar-refractivity contribution in [3.8, 4) is 0 Å². The van der Waals surface area contributed by atoms with Crippen molar-refractivity contribution >= 4 is 60.1 Å². The van der Waals surface area contributed by atoms with Gasteiger partial charge in [-0.15, -0.1) is 11.3 Å². The number of halogens is 3. The Morgan fingerprint density at radius 3 is 2.51 bits per heavy atom. The van der Waals surface area contributed by atoms with Crippen LogP contribution >= 0.6 is 11.3 Å². The highest BCUT2D eigenvalue weighted by molar-refractivity contribution is 7.92. The van der Waals surface area contributed by atoms with E-state index in [1.165, 1.54) is 47.9 Å². The molecule has 12 heteroatoms. The van der Waals surface area contributed by atoms with Gasteiger partial charge in [0.1, 0.15) is 0 Å². The van der Waals surface area contributed by atoms with Crippen LogP contribution in [0.25, 0.3) is 15.8 Å². The van der Waals surface area contributed by atoms with Crippen LogP contribution in [0.1, 0.15) is 11.1 Å². The number of thiazole rings is 1. The zero-order valence-electron chi connectivity index (χ0n) is 17.6. The highest BCUT2D eigenvalue weighted by Crippen LogP contribution is 2.39. The predicted octanol–water partition coefficient (Wildman–Crippen LogP) is 5.52. The first-order valence-electron chi connectivity index (χ1n) is 10.1. The number of benzene rings is 3. The molecule has 0 saturated heterocycles. The molecule has 3 aromatic carbocycles. The Morgan fingerprint density at radius 1 is 1.00 bits per heavy atom. The number of hydrogen-bond donors (Lipinski definition) is 3. The van der Waals surface area contributed by atoms with Crippen molar-refractivity contribution in [1.82, 2.24) is 4.98 Å². The third kappa shape index (κ3) is 4.45.